The summed E-state index contributed by atoms with van der Waals surface area (Å²) in [5, 5.41) is 10.7. The number of hydrogen-bond acceptors (Lipinski definition) is 7. The molecule has 2 N–H and O–H groups in total. The summed E-state index contributed by atoms with van der Waals surface area (Å²) in [5.41, 5.74) is 9.56. The van der Waals surface area contributed by atoms with Crippen molar-refractivity contribution in [2.75, 3.05) is 7.11 Å². The zero-order valence-corrected chi connectivity index (χ0v) is 20.4. The van der Waals surface area contributed by atoms with Crippen molar-refractivity contribution in [1.82, 2.24) is 0 Å². The Hall–Kier alpha value is -4.31. The van der Waals surface area contributed by atoms with Gasteiger partial charge in [0.2, 0.25) is 5.88 Å². The van der Waals surface area contributed by atoms with E-state index in [0.717, 1.165) is 11.1 Å². The van der Waals surface area contributed by atoms with Crippen molar-refractivity contribution in [2.45, 2.75) is 44.9 Å². The highest BCUT2D eigenvalue weighted by Crippen LogP contribution is 2.45. The minimum Gasteiger partial charge on any atom is -0.497 e. The molecule has 36 heavy (non-hydrogen) atoms. The summed E-state index contributed by atoms with van der Waals surface area (Å²) in [6.45, 7) is 4.01. The number of fused-ring (bicyclic) bond motifs is 1. The van der Waals surface area contributed by atoms with E-state index in [9.17, 15) is 14.9 Å². The van der Waals surface area contributed by atoms with Gasteiger partial charge in [-0.1, -0.05) is 32.0 Å². The van der Waals surface area contributed by atoms with Crippen molar-refractivity contribution < 1.29 is 18.7 Å². The lowest BCUT2D eigenvalue weighted by Crippen LogP contribution is -2.27. The predicted octanol–water partition coefficient (Wildman–Crippen LogP) is 5.41. The highest BCUT2D eigenvalue weighted by Gasteiger charge is 2.38. The molecule has 1 unspecified atom stereocenters. The van der Waals surface area contributed by atoms with Crippen LogP contribution in [0.4, 0.5) is 0 Å². The van der Waals surface area contributed by atoms with Gasteiger partial charge in [0.1, 0.15) is 28.7 Å². The second-order valence-corrected chi connectivity index (χ2v) is 9.40. The molecule has 1 aromatic heterocycles. The normalized spacial score (nSPS) is 17.8. The van der Waals surface area contributed by atoms with E-state index in [1.807, 2.05) is 26.0 Å². The molecular formula is C29H26N2O5. The molecule has 7 nitrogen and oxygen atoms in total. The summed E-state index contributed by atoms with van der Waals surface area (Å²) in [5.74, 6) is 0.598. The van der Waals surface area contributed by atoms with Crippen molar-refractivity contribution in [3.8, 4) is 22.9 Å². The van der Waals surface area contributed by atoms with E-state index in [0.29, 0.717) is 58.4 Å². The van der Waals surface area contributed by atoms with Crippen LogP contribution in [-0.2, 0) is 9.53 Å². The quantitative estimate of drug-likeness (QED) is 0.495. The summed E-state index contributed by atoms with van der Waals surface area (Å²) >= 11 is 0. The van der Waals surface area contributed by atoms with Crippen LogP contribution in [0, 0.1) is 11.3 Å². The summed E-state index contributed by atoms with van der Waals surface area (Å²) < 4.78 is 16.8. The fourth-order valence-electron chi connectivity index (χ4n) is 5.04. The standard InChI is InChI=1S/C29H26N2O5/c1-15(2)20-12-17(25-22(14-30)28(31)35-24-6-4-5-23(32)26(24)25)11-18-13-21(29(33)36-27(18)20)16-7-9-19(34-3)10-8-16/h7-13,15,25H,4-6,31H2,1-3H3. The Morgan fingerprint density at radius 1 is 1.11 bits per heavy atom. The van der Waals surface area contributed by atoms with Crippen LogP contribution in [0.1, 0.15) is 56.1 Å². The molecule has 1 aliphatic carbocycles. The molecular weight excluding hydrogens is 456 g/mol. The van der Waals surface area contributed by atoms with Crippen molar-refractivity contribution in [3.63, 3.8) is 0 Å². The molecule has 1 atom stereocenters. The maximum atomic E-state index is 13.0. The maximum Gasteiger partial charge on any atom is 0.344 e. The van der Waals surface area contributed by atoms with Crippen LogP contribution < -0.4 is 16.1 Å². The van der Waals surface area contributed by atoms with Gasteiger partial charge in [-0.15, -0.1) is 0 Å². The fraction of sp³-hybridized carbons (Fsp3) is 0.276. The molecule has 7 heteroatoms. The Kier molecular flexibility index (Phi) is 5.89. The van der Waals surface area contributed by atoms with E-state index in [2.05, 4.69) is 6.07 Å². The van der Waals surface area contributed by atoms with Gasteiger partial charge in [-0.3, -0.25) is 4.79 Å². The van der Waals surface area contributed by atoms with Gasteiger partial charge >= 0.3 is 5.63 Å². The molecule has 0 spiro atoms. The number of nitrogens with two attached hydrogens (primary N) is 1. The monoisotopic (exact) mass is 482 g/mol. The number of nitriles is 1. The van der Waals surface area contributed by atoms with Crippen LogP contribution in [0.3, 0.4) is 0 Å². The number of allylic oxidation sites excluding steroid dienone is 3. The van der Waals surface area contributed by atoms with Crippen molar-refractivity contribution >= 4 is 16.8 Å². The molecule has 2 aliphatic rings. The zero-order valence-electron chi connectivity index (χ0n) is 20.4. The third-order valence-corrected chi connectivity index (χ3v) is 6.84. The van der Waals surface area contributed by atoms with Crippen LogP contribution in [0.2, 0.25) is 0 Å². The Bertz CT molecular complexity index is 1550. The average molecular weight is 483 g/mol. The average Bonchev–Trinajstić information content (AvgIpc) is 2.87. The van der Waals surface area contributed by atoms with Crippen molar-refractivity contribution in [3.05, 3.63) is 86.8 Å². The minimum absolute atomic E-state index is 0.0182. The molecule has 0 bridgehead atoms. The number of nitrogens with zero attached hydrogens (tertiary/aromatic N) is 1. The molecule has 0 fully saturated rings. The number of ether oxygens (including phenoxy) is 2. The van der Waals surface area contributed by atoms with E-state index in [4.69, 9.17) is 19.6 Å². The number of carbonyl (C=O) groups excluding carboxylic acids is 1. The van der Waals surface area contributed by atoms with Crippen LogP contribution in [-0.4, -0.2) is 12.9 Å². The minimum atomic E-state index is -0.634. The predicted molar refractivity (Wildman–Crippen MR) is 135 cm³/mol. The second-order valence-electron chi connectivity index (χ2n) is 9.40. The number of ketones is 1. The van der Waals surface area contributed by atoms with Crippen molar-refractivity contribution in [1.29, 1.82) is 5.26 Å². The lowest BCUT2D eigenvalue weighted by atomic mass is 9.76. The Labute approximate surface area is 208 Å². The third kappa shape index (κ3) is 3.85. The lowest BCUT2D eigenvalue weighted by molar-refractivity contribution is -0.116. The molecule has 2 aromatic carbocycles. The molecule has 5 rings (SSSR count). The third-order valence-electron chi connectivity index (χ3n) is 6.84. The Morgan fingerprint density at radius 3 is 2.53 bits per heavy atom. The first-order valence-electron chi connectivity index (χ1n) is 11.9. The number of Topliss-reactive ketones (excluding diaryl/α,β-unsaturated/α-hetero) is 1. The van der Waals surface area contributed by atoms with Gasteiger partial charge in [0.25, 0.3) is 0 Å². The first kappa shape index (κ1) is 23.4. The zero-order chi connectivity index (χ0) is 25.6. The van der Waals surface area contributed by atoms with Crippen LogP contribution in [0.15, 0.2) is 74.5 Å². The molecule has 182 valence electrons. The smallest absolute Gasteiger partial charge is 0.344 e. The highest BCUT2D eigenvalue weighted by molar-refractivity contribution is 5.99. The number of carbonyl (C=O) groups is 1. The van der Waals surface area contributed by atoms with Gasteiger partial charge in [-0.05, 0) is 53.3 Å². The number of methoxy groups -OCH3 is 1. The largest absolute Gasteiger partial charge is 0.497 e. The maximum absolute atomic E-state index is 13.0. The van der Waals surface area contributed by atoms with Gasteiger partial charge in [0, 0.05) is 23.8 Å². The second kappa shape index (κ2) is 9.04. The van der Waals surface area contributed by atoms with E-state index in [1.54, 1.807) is 37.4 Å². The number of rotatable bonds is 4. The van der Waals surface area contributed by atoms with Crippen LogP contribution >= 0.6 is 0 Å². The van der Waals surface area contributed by atoms with Crippen molar-refractivity contribution in [2.24, 2.45) is 5.73 Å². The molecule has 2 heterocycles. The van der Waals surface area contributed by atoms with Gasteiger partial charge < -0.3 is 19.6 Å². The van der Waals surface area contributed by atoms with Gasteiger partial charge in [-0.2, -0.15) is 5.26 Å². The molecule has 0 saturated carbocycles. The molecule has 0 radical (unpaired) electrons. The summed E-state index contributed by atoms with van der Waals surface area (Å²) in [6.07, 6.45) is 1.68. The van der Waals surface area contributed by atoms with Gasteiger partial charge in [0.05, 0.1) is 18.6 Å². The Morgan fingerprint density at radius 2 is 1.86 bits per heavy atom. The molecule has 3 aromatic rings. The van der Waals surface area contributed by atoms with E-state index < -0.39 is 11.5 Å². The number of benzene rings is 2. The fourth-order valence-corrected chi connectivity index (χ4v) is 5.04. The van der Waals surface area contributed by atoms with E-state index in [1.165, 1.54) is 0 Å². The number of hydrogen-bond donors (Lipinski definition) is 1. The lowest BCUT2D eigenvalue weighted by Gasteiger charge is -2.31. The van der Waals surface area contributed by atoms with E-state index in [-0.39, 0.29) is 23.2 Å². The SMILES string of the molecule is COc1ccc(-c2cc3cc(C4C(C#N)=C(N)OC5=C4C(=O)CCC5)cc(C(C)C)c3oc2=O)cc1. The topological polar surface area (TPSA) is 116 Å². The highest BCUT2D eigenvalue weighted by atomic mass is 16.5. The van der Waals surface area contributed by atoms with Gasteiger partial charge in [0.15, 0.2) is 5.78 Å². The summed E-state index contributed by atoms with van der Waals surface area (Å²) in [7, 11) is 1.58. The van der Waals surface area contributed by atoms with E-state index >= 15 is 0 Å². The van der Waals surface area contributed by atoms with Crippen LogP contribution in [0.25, 0.3) is 22.1 Å². The Balaban J connectivity index is 1.76. The first-order valence-corrected chi connectivity index (χ1v) is 11.9. The molecule has 0 amide bonds. The summed E-state index contributed by atoms with van der Waals surface area (Å²) in [4.78, 5) is 26.0. The van der Waals surface area contributed by atoms with Gasteiger partial charge in [-0.25, -0.2) is 4.79 Å². The first-order chi connectivity index (χ1) is 17.3. The molecule has 1 aliphatic heterocycles. The molecule has 0 saturated heterocycles. The summed E-state index contributed by atoms with van der Waals surface area (Å²) in [6, 6.07) is 14.9. The van der Waals surface area contributed by atoms with Crippen LogP contribution in [0.5, 0.6) is 5.75 Å².